The summed E-state index contributed by atoms with van der Waals surface area (Å²) >= 11 is 0. The fourth-order valence-corrected chi connectivity index (χ4v) is 5.61. The van der Waals surface area contributed by atoms with Crippen LogP contribution in [0.1, 0.15) is 50.1 Å². The number of rotatable bonds is 9. The van der Waals surface area contributed by atoms with Gasteiger partial charge in [0.1, 0.15) is 11.9 Å². The third-order valence-corrected chi connectivity index (χ3v) is 7.90. The SMILES string of the molecule is Nc1c(-c2ccc(NCCCc3ccccc3)cc2)n(C2CCC2)c2cc(OC3CCOCC3)ccc12. The first-order valence-electron chi connectivity index (χ1n) is 13.8. The molecule has 0 atom stereocenters. The number of hydrogen-bond acceptors (Lipinski definition) is 4. The lowest BCUT2D eigenvalue weighted by molar-refractivity contribution is 0.0256. The molecule has 6 rings (SSSR count). The number of fused-ring (bicyclic) bond motifs is 1. The van der Waals surface area contributed by atoms with Gasteiger partial charge >= 0.3 is 0 Å². The van der Waals surface area contributed by atoms with Crippen molar-refractivity contribution >= 4 is 22.3 Å². The number of benzene rings is 3. The third-order valence-electron chi connectivity index (χ3n) is 7.90. The van der Waals surface area contributed by atoms with Gasteiger partial charge in [-0.25, -0.2) is 0 Å². The lowest BCUT2D eigenvalue weighted by atomic mass is 9.92. The maximum Gasteiger partial charge on any atom is 0.121 e. The second-order valence-electron chi connectivity index (χ2n) is 10.4. The molecule has 1 saturated heterocycles. The highest BCUT2D eigenvalue weighted by Gasteiger charge is 2.27. The number of nitrogens with two attached hydrogens (primary N) is 1. The van der Waals surface area contributed by atoms with Crippen LogP contribution >= 0.6 is 0 Å². The molecule has 1 aliphatic heterocycles. The Bertz CT molecular complexity index is 1320. The van der Waals surface area contributed by atoms with E-state index in [1.54, 1.807) is 0 Å². The molecule has 192 valence electrons. The molecule has 3 aromatic carbocycles. The van der Waals surface area contributed by atoms with Gasteiger partial charge in [-0.1, -0.05) is 42.5 Å². The maximum absolute atomic E-state index is 6.82. The summed E-state index contributed by atoms with van der Waals surface area (Å²) in [6.07, 6.45) is 7.97. The van der Waals surface area contributed by atoms with E-state index in [0.29, 0.717) is 6.04 Å². The lowest BCUT2D eigenvalue weighted by Crippen LogP contribution is -2.25. The van der Waals surface area contributed by atoms with Crippen LogP contribution in [0.3, 0.4) is 0 Å². The van der Waals surface area contributed by atoms with E-state index in [0.717, 1.165) is 73.6 Å². The first-order valence-corrected chi connectivity index (χ1v) is 13.8. The van der Waals surface area contributed by atoms with Crippen molar-refractivity contribution in [3.63, 3.8) is 0 Å². The van der Waals surface area contributed by atoms with Crippen LogP contribution in [0, 0.1) is 0 Å². The van der Waals surface area contributed by atoms with Crippen molar-refractivity contribution in [2.24, 2.45) is 0 Å². The molecular weight excluding hydrogens is 458 g/mol. The molecule has 4 aromatic rings. The van der Waals surface area contributed by atoms with Crippen LogP contribution in [0.4, 0.5) is 11.4 Å². The Kier molecular flexibility index (Phi) is 7.05. The van der Waals surface area contributed by atoms with Gasteiger partial charge in [-0.05, 0) is 61.9 Å². The zero-order valence-electron chi connectivity index (χ0n) is 21.5. The van der Waals surface area contributed by atoms with E-state index in [9.17, 15) is 0 Å². The lowest BCUT2D eigenvalue weighted by Gasteiger charge is -2.30. The summed E-state index contributed by atoms with van der Waals surface area (Å²) in [4.78, 5) is 0. The smallest absolute Gasteiger partial charge is 0.121 e. The second kappa shape index (κ2) is 10.9. The summed E-state index contributed by atoms with van der Waals surface area (Å²) in [6.45, 7) is 2.51. The van der Waals surface area contributed by atoms with Crippen LogP contribution in [-0.2, 0) is 11.2 Å². The number of aromatic nitrogens is 1. The normalized spacial score (nSPS) is 16.5. The predicted octanol–water partition coefficient (Wildman–Crippen LogP) is 7.22. The van der Waals surface area contributed by atoms with Crippen molar-refractivity contribution in [2.45, 2.75) is 57.1 Å². The predicted molar refractivity (Wildman–Crippen MR) is 152 cm³/mol. The van der Waals surface area contributed by atoms with E-state index in [4.69, 9.17) is 15.2 Å². The Balaban J connectivity index is 1.22. The molecule has 0 bridgehead atoms. The summed E-state index contributed by atoms with van der Waals surface area (Å²) in [5, 5.41) is 4.69. The molecule has 1 aromatic heterocycles. The standard InChI is InChI=1S/C32H37N3O2/c33-31-29-16-15-28(37-27-17-20-36-21-18-27)22-30(29)35(26-9-4-10-26)32(31)24-11-13-25(14-12-24)34-19-5-8-23-6-2-1-3-7-23/h1-3,6-7,11-16,22,26-27,34H,4-5,8-10,17-21,33H2. The number of nitrogen functional groups attached to an aromatic ring is 1. The Morgan fingerprint density at radius 2 is 1.70 bits per heavy atom. The van der Waals surface area contributed by atoms with Gasteiger partial charge in [0.25, 0.3) is 0 Å². The van der Waals surface area contributed by atoms with Crippen LogP contribution in [0.25, 0.3) is 22.2 Å². The number of hydrogen-bond donors (Lipinski definition) is 2. The first kappa shape index (κ1) is 23.9. The van der Waals surface area contributed by atoms with Gasteiger partial charge in [-0.3, -0.25) is 0 Å². The highest BCUT2D eigenvalue weighted by Crippen LogP contribution is 2.45. The monoisotopic (exact) mass is 495 g/mol. The molecule has 37 heavy (non-hydrogen) atoms. The Labute approximate surface area is 219 Å². The number of nitrogens with one attached hydrogen (secondary N) is 1. The van der Waals surface area contributed by atoms with E-state index in [2.05, 4.69) is 82.7 Å². The molecule has 0 radical (unpaired) electrons. The number of nitrogens with zero attached hydrogens (tertiary/aromatic N) is 1. The van der Waals surface area contributed by atoms with Crippen molar-refractivity contribution in [1.82, 2.24) is 4.57 Å². The van der Waals surface area contributed by atoms with Crippen LogP contribution < -0.4 is 15.8 Å². The van der Waals surface area contributed by atoms with Gasteiger partial charge in [0.15, 0.2) is 0 Å². The molecule has 1 aliphatic carbocycles. The fourth-order valence-electron chi connectivity index (χ4n) is 5.61. The van der Waals surface area contributed by atoms with Crippen molar-refractivity contribution in [3.05, 3.63) is 78.4 Å². The van der Waals surface area contributed by atoms with Gasteiger partial charge < -0.3 is 25.1 Å². The maximum atomic E-state index is 6.82. The van der Waals surface area contributed by atoms with Gasteiger partial charge in [-0.15, -0.1) is 0 Å². The summed E-state index contributed by atoms with van der Waals surface area (Å²) in [7, 11) is 0. The summed E-state index contributed by atoms with van der Waals surface area (Å²) < 4.78 is 14.3. The van der Waals surface area contributed by atoms with E-state index < -0.39 is 0 Å². The minimum atomic E-state index is 0.225. The van der Waals surface area contributed by atoms with Crippen LogP contribution in [0.15, 0.2) is 72.8 Å². The van der Waals surface area contributed by atoms with E-state index in [1.807, 2.05) is 0 Å². The van der Waals surface area contributed by atoms with Gasteiger partial charge in [-0.2, -0.15) is 0 Å². The molecule has 1 saturated carbocycles. The topological polar surface area (TPSA) is 61.4 Å². The van der Waals surface area contributed by atoms with Crippen LogP contribution in [0.2, 0.25) is 0 Å². The van der Waals surface area contributed by atoms with Gasteiger partial charge in [0.05, 0.1) is 30.1 Å². The van der Waals surface area contributed by atoms with Gasteiger partial charge in [0.2, 0.25) is 0 Å². The number of ether oxygens (including phenoxy) is 2. The molecule has 0 amide bonds. The molecule has 5 nitrogen and oxygen atoms in total. The average Bonchev–Trinajstić information content (AvgIpc) is 3.18. The molecule has 0 unspecified atom stereocenters. The zero-order chi connectivity index (χ0) is 25.0. The van der Waals surface area contributed by atoms with Crippen molar-refractivity contribution in [3.8, 4) is 17.0 Å². The van der Waals surface area contributed by atoms with E-state index in [1.165, 1.54) is 35.9 Å². The fraction of sp³-hybridized carbons (Fsp3) is 0.375. The first-order chi connectivity index (χ1) is 18.3. The Hall–Kier alpha value is -3.44. The molecule has 2 heterocycles. The summed E-state index contributed by atoms with van der Waals surface area (Å²) in [5.41, 5.74) is 13.7. The zero-order valence-corrected chi connectivity index (χ0v) is 21.5. The average molecular weight is 496 g/mol. The molecule has 5 heteroatoms. The van der Waals surface area contributed by atoms with E-state index in [-0.39, 0.29) is 6.10 Å². The Morgan fingerprint density at radius 1 is 0.919 bits per heavy atom. The minimum Gasteiger partial charge on any atom is -0.490 e. The van der Waals surface area contributed by atoms with Crippen molar-refractivity contribution < 1.29 is 9.47 Å². The molecule has 0 spiro atoms. The third kappa shape index (κ3) is 5.19. The highest BCUT2D eigenvalue weighted by molar-refractivity contribution is 6.01. The second-order valence-corrected chi connectivity index (χ2v) is 10.4. The number of aryl methyl sites for hydroxylation is 1. The Morgan fingerprint density at radius 3 is 2.43 bits per heavy atom. The van der Waals surface area contributed by atoms with Crippen molar-refractivity contribution in [1.29, 1.82) is 0 Å². The summed E-state index contributed by atoms with van der Waals surface area (Å²) in [5.74, 6) is 0.930. The largest absolute Gasteiger partial charge is 0.490 e. The van der Waals surface area contributed by atoms with Crippen molar-refractivity contribution in [2.75, 3.05) is 30.8 Å². The quantitative estimate of drug-likeness (QED) is 0.241. The van der Waals surface area contributed by atoms with Crippen LogP contribution in [-0.4, -0.2) is 30.4 Å². The van der Waals surface area contributed by atoms with Gasteiger partial charge in [0, 0.05) is 48.1 Å². The molecule has 3 N–H and O–H groups in total. The molecule has 2 fully saturated rings. The number of anilines is 2. The minimum absolute atomic E-state index is 0.225. The highest BCUT2D eigenvalue weighted by atomic mass is 16.5. The van der Waals surface area contributed by atoms with E-state index >= 15 is 0 Å². The molecular formula is C32H37N3O2. The molecule has 2 aliphatic rings. The van der Waals surface area contributed by atoms with Crippen LogP contribution in [0.5, 0.6) is 5.75 Å². The summed E-state index contributed by atoms with van der Waals surface area (Å²) in [6, 6.07) is 26.4.